The summed E-state index contributed by atoms with van der Waals surface area (Å²) < 4.78 is 4.79. The zero-order valence-electron chi connectivity index (χ0n) is 8.99. The van der Waals surface area contributed by atoms with Gasteiger partial charge in [0, 0.05) is 12.4 Å². The van der Waals surface area contributed by atoms with Crippen molar-refractivity contribution in [3.05, 3.63) is 30.1 Å². The Labute approximate surface area is 85.1 Å². The highest BCUT2D eigenvalue weighted by molar-refractivity contribution is 5.72. The van der Waals surface area contributed by atoms with E-state index in [0.29, 0.717) is 13.0 Å². The second-order valence-corrected chi connectivity index (χ2v) is 2.34. The molecule has 3 heteroatoms. The summed E-state index contributed by atoms with van der Waals surface area (Å²) in [5.41, 5.74) is 0.934. The van der Waals surface area contributed by atoms with Gasteiger partial charge in [0.05, 0.1) is 13.0 Å². The standard InChI is InChI=1S/C9H11NO2.C2H6/c1-2-12-9(11)7-8-3-5-10-6-4-8;1-2/h3-6H,2,7H2,1H3;1-2H3. The lowest BCUT2D eigenvalue weighted by Crippen LogP contribution is -2.07. The molecule has 0 fully saturated rings. The molecule has 0 radical (unpaired) electrons. The van der Waals surface area contributed by atoms with Crippen molar-refractivity contribution in [2.45, 2.75) is 27.2 Å². The lowest BCUT2D eigenvalue weighted by Gasteiger charge is -2.00. The smallest absolute Gasteiger partial charge is 0.310 e. The molecule has 0 bridgehead atoms. The zero-order chi connectivity index (χ0) is 10.8. The molecule has 3 nitrogen and oxygen atoms in total. The number of carbonyl (C=O) groups excluding carboxylic acids is 1. The van der Waals surface area contributed by atoms with Crippen molar-refractivity contribution >= 4 is 5.97 Å². The molecule has 1 heterocycles. The number of aromatic nitrogens is 1. The second kappa shape index (κ2) is 8.23. The summed E-state index contributed by atoms with van der Waals surface area (Å²) in [5, 5.41) is 0. The van der Waals surface area contributed by atoms with Crippen molar-refractivity contribution in [2.75, 3.05) is 6.61 Å². The Morgan fingerprint density at radius 2 is 1.93 bits per heavy atom. The molecule has 0 spiro atoms. The SMILES string of the molecule is CC.CCOC(=O)Cc1ccncc1. The minimum absolute atomic E-state index is 0.191. The summed E-state index contributed by atoms with van der Waals surface area (Å²) in [7, 11) is 0. The maximum Gasteiger partial charge on any atom is 0.310 e. The first-order chi connectivity index (χ1) is 6.83. The molecule has 0 aromatic carbocycles. The maximum atomic E-state index is 11.0. The molecular weight excluding hydrogens is 178 g/mol. The third-order valence-electron chi connectivity index (χ3n) is 1.40. The molecule has 0 saturated heterocycles. The van der Waals surface area contributed by atoms with E-state index in [4.69, 9.17) is 4.74 Å². The monoisotopic (exact) mass is 195 g/mol. The van der Waals surface area contributed by atoms with Crippen LogP contribution >= 0.6 is 0 Å². The van der Waals surface area contributed by atoms with Crippen molar-refractivity contribution in [2.24, 2.45) is 0 Å². The molecule has 0 N–H and O–H groups in total. The Kier molecular flexibility index (Phi) is 7.42. The fraction of sp³-hybridized carbons (Fsp3) is 0.455. The van der Waals surface area contributed by atoms with Crippen LogP contribution in [0.25, 0.3) is 0 Å². The summed E-state index contributed by atoms with van der Waals surface area (Å²) in [5.74, 6) is -0.191. The van der Waals surface area contributed by atoms with Crippen LogP contribution in [0.2, 0.25) is 0 Å². The number of rotatable bonds is 3. The molecule has 1 rings (SSSR count). The summed E-state index contributed by atoms with van der Waals surface area (Å²) >= 11 is 0. The highest BCUT2D eigenvalue weighted by Gasteiger charge is 2.01. The average Bonchev–Trinajstić information content (AvgIpc) is 2.22. The Morgan fingerprint density at radius 1 is 1.36 bits per heavy atom. The molecule has 0 unspecified atom stereocenters. The van der Waals surface area contributed by atoms with Crippen LogP contribution < -0.4 is 0 Å². The molecule has 0 atom stereocenters. The lowest BCUT2D eigenvalue weighted by molar-refractivity contribution is -0.142. The van der Waals surface area contributed by atoms with Crippen molar-refractivity contribution < 1.29 is 9.53 Å². The van der Waals surface area contributed by atoms with Gasteiger partial charge in [-0.05, 0) is 24.6 Å². The molecule has 1 aromatic rings. The highest BCUT2D eigenvalue weighted by atomic mass is 16.5. The minimum atomic E-state index is -0.191. The number of esters is 1. The molecule has 78 valence electrons. The van der Waals surface area contributed by atoms with Gasteiger partial charge in [-0.1, -0.05) is 13.8 Å². The lowest BCUT2D eigenvalue weighted by atomic mass is 10.2. The van der Waals surface area contributed by atoms with Gasteiger partial charge >= 0.3 is 5.97 Å². The van der Waals surface area contributed by atoms with Crippen LogP contribution in [0.3, 0.4) is 0 Å². The molecule has 0 aliphatic heterocycles. The van der Waals surface area contributed by atoms with Gasteiger partial charge in [-0.3, -0.25) is 9.78 Å². The van der Waals surface area contributed by atoms with Crippen LogP contribution in [0.15, 0.2) is 24.5 Å². The van der Waals surface area contributed by atoms with Gasteiger partial charge in [0.2, 0.25) is 0 Å². The molecule has 0 aliphatic carbocycles. The van der Waals surface area contributed by atoms with Crippen LogP contribution in [0, 0.1) is 0 Å². The fourth-order valence-corrected chi connectivity index (χ4v) is 0.879. The zero-order valence-corrected chi connectivity index (χ0v) is 8.99. The van der Waals surface area contributed by atoms with Gasteiger partial charge in [0.25, 0.3) is 0 Å². The Hall–Kier alpha value is -1.38. The van der Waals surface area contributed by atoms with Gasteiger partial charge in [-0.25, -0.2) is 0 Å². The summed E-state index contributed by atoms with van der Waals surface area (Å²) in [6, 6.07) is 3.60. The third-order valence-corrected chi connectivity index (χ3v) is 1.40. The van der Waals surface area contributed by atoms with Gasteiger partial charge in [-0.15, -0.1) is 0 Å². The predicted octanol–water partition coefficient (Wildman–Crippen LogP) is 2.21. The highest BCUT2D eigenvalue weighted by Crippen LogP contribution is 1.98. The first-order valence-electron chi connectivity index (χ1n) is 4.87. The summed E-state index contributed by atoms with van der Waals surface area (Å²) in [6.45, 7) is 6.23. The Morgan fingerprint density at radius 3 is 2.43 bits per heavy atom. The van der Waals surface area contributed by atoms with E-state index in [1.54, 1.807) is 31.5 Å². The number of pyridine rings is 1. The van der Waals surface area contributed by atoms with Gasteiger partial charge in [0.1, 0.15) is 0 Å². The normalized spacial score (nSPS) is 8.50. The Balaban J connectivity index is 0.000000791. The summed E-state index contributed by atoms with van der Waals surface area (Å²) in [4.78, 5) is 14.8. The molecule has 1 aromatic heterocycles. The number of carbonyl (C=O) groups is 1. The van der Waals surface area contributed by atoms with Crippen LogP contribution in [-0.2, 0) is 16.0 Å². The van der Waals surface area contributed by atoms with Crippen molar-refractivity contribution in [3.8, 4) is 0 Å². The van der Waals surface area contributed by atoms with E-state index in [1.807, 2.05) is 13.8 Å². The average molecular weight is 195 g/mol. The van der Waals surface area contributed by atoms with Crippen molar-refractivity contribution in [1.82, 2.24) is 4.98 Å². The van der Waals surface area contributed by atoms with E-state index in [1.165, 1.54) is 0 Å². The number of nitrogens with zero attached hydrogens (tertiary/aromatic N) is 1. The van der Waals surface area contributed by atoms with Gasteiger partial charge in [0.15, 0.2) is 0 Å². The van der Waals surface area contributed by atoms with Crippen LogP contribution in [-0.4, -0.2) is 17.6 Å². The Bertz CT molecular complexity index is 247. The van der Waals surface area contributed by atoms with Gasteiger partial charge < -0.3 is 4.74 Å². The largest absolute Gasteiger partial charge is 0.466 e. The number of ether oxygens (including phenoxy) is 1. The van der Waals surface area contributed by atoms with E-state index in [0.717, 1.165) is 5.56 Å². The molecular formula is C11H17NO2. The molecule has 0 aliphatic rings. The van der Waals surface area contributed by atoms with Crippen LogP contribution in [0.1, 0.15) is 26.3 Å². The molecule has 14 heavy (non-hydrogen) atoms. The fourth-order valence-electron chi connectivity index (χ4n) is 0.879. The topological polar surface area (TPSA) is 39.2 Å². The first-order valence-corrected chi connectivity index (χ1v) is 4.87. The van der Waals surface area contributed by atoms with Crippen molar-refractivity contribution in [1.29, 1.82) is 0 Å². The quantitative estimate of drug-likeness (QED) is 0.694. The predicted molar refractivity (Wildman–Crippen MR) is 55.9 cm³/mol. The minimum Gasteiger partial charge on any atom is -0.466 e. The second-order valence-electron chi connectivity index (χ2n) is 2.34. The number of hydrogen-bond acceptors (Lipinski definition) is 3. The summed E-state index contributed by atoms with van der Waals surface area (Å²) in [6.07, 6.45) is 3.65. The third kappa shape index (κ3) is 5.30. The van der Waals surface area contributed by atoms with E-state index in [-0.39, 0.29) is 5.97 Å². The first kappa shape index (κ1) is 12.6. The van der Waals surface area contributed by atoms with E-state index in [2.05, 4.69) is 4.98 Å². The van der Waals surface area contributed by atoms with Crippen LogP contribution in [0.4, 0.5) is 0 Å². The molecule has 0 amide bonds. The van der Waals surface area contributed by atoms with E-state index < -0.39 is 0 Å². The van der Waals surface area contributed by atoms with E-state index in [9.17, 15) is 4.79 Å². The van der Waals surface area contributed by atoms with Crippen LogP contribution in [0.5, 0.6) is 0 Å². The number of hydrogen-bond donors (Lipinski definition) is 0. The maximum absolute atomic E-state index is 11.0. The molecule has 0 saturated carbocycles. The van der Waals surface area contributed by atoms with Gasteiger partial charge in [-0.2, -0.15) is 0 Å². The van der Waals surface area contributed by atoms with E-state index >= 15 is 0 Å². The van der Waals surface area contributed by atoms with Crippen molar-refractivity contribution in [3.63, 3.8) is 0 Å².